The highest BCUT2D eigenvalue weighted by Crippen LogP contribution is 2.42. The molecule has 0 amide bonds. The number of hydrogen-bond donors (Lipinski definition) is 3. The van der Waals surface area contributed by atoms with Crippen molar-refractivity contribution in [1.82, 2.24) is 19.9 Å². The minimum absolute atomic E-state index is 0.0314. The van der Waals surface area contributed by atoms with Crippen LogP contribution in [0.25, 0.3) is 0 Å². The van der Waals surface area contributed by atoms with Crippen LogP contribution < -0.4 is 15.4 Å². The SMILES string of the molecule is CC1(C)[C@H](O)C[C@@H]1Nc1nc(NCc2cncnc2OCCC(F)(F)F)ncc1C#N. The van der Waals surface area contributed by atoms with Crippen molar-refractivity contribution in [3.05, 3.63) is 29.8 Å². The van der Waals surface area contributed by atoms with Gasteiger partial charge in [-0.15, -0.1) is 0 Å². The molecule has 1 aliphatic carbocycles. The van der Waals surface area contributed by atoms with Gasteiger partial charge < -0.3 is 20.5 Å². The molecule has 0 radical (unpaired) electrons. The zero-order chi connectivity index (χ0) is 22.6. The first kappa shape index (κ1) is 22.5. The maximum Gasteiger partial charge on any atom is 0.392 e. The fourth-order valence-electron chi connectivity index (χ4n) is 3.01. The topological polar surface area (TPSA) is 129 Å². The van der Waals surface area contributed by atoms with Crippen LogP contribution in [0, 0.1) is 16.7 Å². The van der Waals surface area contributed by atoms with Gasteiger partial charge in [0.2, 0.25) is 11.8 Å². The number of nitrogens with one attached hydrogen (secondary N) is 2. The maximum atomic E-state index is 12.3. The van der Waals surface area contributed by atoms with Gasteiger partial charge in [0.15, 0.2) is 0 Å². The van der Waals surface area contributed by atoms with Crippen molar-refractivity contribution in [2.45, 2.75) is 51.6 Å². The first-order valence-electron chi connectivity index (χ1n) is 9.54. The van der Waals surface area contributed by atoms with Crippen molar-refractivity contribution in [2.24, 2.45) is 5.41 Å². The lowest BCUT2D eigenvalue weighted by molar-refractivity contribution is -0.139. The van der Waals surface area contributed by atoms with Crippen molar-refractivity contribution in [2.75, 3.05) is 17.2 Å². The van der Waals surface area contributed by atoms with Gasteiger partial charge in [0.25, 0.3) is 0 Å². The lowest BCUT2D eigenvalue weighted by atomic mass is 9.64. The average Bonchev–Trinajstić information content (AvgIpc) is 2.72. The molecule has 3 N–H and O–H groups in total. The number of ether oxygens (including phenoxy) is 1. The van der Waals surface area contributed by atoms with Gasteiger partial charge in [-0.25, -0.2) is 15.0 Å². The van der Waals surface area contributed by atoms with E-state index < -0.39 is 25.3 Å². The van der Waals surface area contributed by atoms with Crippen LogP contribution in [0.1, 0.15) is 37.8 Å². The Balaban J connectivity index is 1.67. The van der Waals surface area contributed by atoms with E-state index in [4.69, 9.17) is 4.74 Å². The molecule has 0 aliphatic heterocycles. The van der Waals surface area contributed by atoms with E-state index >= 15 is 0 Å². The van der Waals surface area contributed by atoms with Crippen molar-refractivity contribution in [3.63, 3.8) is 0 Å². The number of alkyl halides is 3. The summed E-state index contributed by atoms with van der Waals surface area (Å²) in [6.07, 6.45) is -1.36. The van der Waals surface area contributed by atoms with Gasteiger partial charge in [-0.05, 0) is 6.42 Å². The Labute approximate surface area is 176 Å². The molecule has 2 aromatic heterocycles. The molecule has 0 saturated heterocycles. The van der Waals surface area contributed by atoms with E-state index in [2.05, 4.69) is 30.6 Å². The molecule has 166 valence electrons. The lowest BCUT2D eigenvalue weighted by Crippen LogP contribution is -2.57. The second-order valence-corrected chi connectivity index (χ2v) is 7.76. The molecule has 2 atom stereocenters. The van der Waals surface area contributed by atoms with Crippen molar-refractivity contribution in [3.8, 4) is 11.9 Å². The number of rotatable bonds is 8. The molecule has 2 heterocycles. The van der Waals surface area contributed by atoms with Crippen molar-refractivity contribution >= 4 is 11.8 Å². The number of aliphatic hydroxyl groups excluding tert-OH is 1. The van der Waals surface area contributed by atoms with Gasteiger partial charge in [0.1, 0.15) is 23.8 Å². The monoisotopic (exact) mass is 437 g/mol. The molecule has 1 aliphatic rings. The highest BCUT2D eigenvalue weighted by atomic mass is 19.4. The fraction of sp³-hybridized carbons (Fsp3) is 0.526. The Morgan fingerprint density at radius 1 is 1.32 bits per heavy atom. The van der Waals surface area contributed by atoms with Crippen LogP contribution in [0.15, 0.2) is 18.7 Å². The largest absolute Gasteiger partial charge is 0.477 e. The van der Waals surface area contributed by atoms with Crippen LogP contribution >= 0.6 is 0 Å². The summed E-state index contributed by atoms with van der Waals surface area (Å²) in [5, 5.41) is 25.4. The fourth-order valence-corrected chi connectivity index (χ4v) is 3.01. The van der Waals surface area contributed by atoms with Gasteiger partial charge >= 0.3 is 6.18 Å². The van der Waals surface area contributed by atoms with Crippen LogP contribution in [-0.2, 0) is 6.54 Å². The quantitative estimate of drug-likeness (QED) is 0.571. The van der Waals surface area contributed by atoms with Crippen LogP contribution in [0.3, 0.4) is 0 Å². The zero-order valence-corrected chi connectivity index (χ0v) is 16.9. The first-order valence-corrected chi connectivity index (χ1v) is 9.54. The second kappa shape index (κ2) is 8.89. The third-order valence-corrected chi connectivity index (χ3v) is 5.24. The molecular weight excluding hydrogens is 415 g/mol. The van der Waals surface area contributed by atoms with Gasteiger partial charge in [-0.2, -0.15) is 23.4 Å². The van der Waals surface area contributed by atoms with Gasteiger partial charge in [0.05, 0.1) is 30.9 Å². The van der Waals surface area contributed by atoms with Crippen molar-refractivity contribution in [1.29, 1.82) is 5.26 Å². The van der Waals surface area contributed by atoms with Crippen LogP contribution in [0.2, 0.25) is 0 Å². The summed E-state index contributed by atoms with van der Waals surface area (Å²) in [6, 6.07) is 1.96. The minimum Gasteiger partial charge on any atom is -0.477 e. The van der Waals surface area contributed by atoms with E-state index in [1.165, 1.54) is 18.7 Å². The van der Waals surface area contributed by atoms with Crippen LogP contribution in [0.4, 0.5) is 24.9 Å². The molecule has 2 aromatic rings. The number of anilines is 2. The van der Waals surface area contributed by atoms with Gasteiger partial charge in [-0.1, -0.05) is 13.8 Å². The van der Waals surface area contributed by atoms with Crippen molar-refractivity contribution < 1.29 is 23.0 Å². The average molecular weight is 437 g/mol. The Bertz CT molecular complexity index is 962. The number of aromatic nitrogens is 4. The normalized spacial score (nSPS) is 19.8. The molecule has 3 rings (SSSR count). The van der Waals surface area contributed by atoms with Crippen LogP contribution in [-0.4, -0.2) is 50.0 Å². The Morgan fingerprint density at radius 2 is 2.10 bits per heavy atom. The molecule has 9 nitrogen and oxygen atoms in total. The highest BCUT2D eigenvalue weighted by molar-refractivity contribution is 5.54. The van der Waals surface area contributed by atoms with E-state index in [0.29, 0.717) is 17.8 Å². The van der Waals surface area contributed by atoms with E-state index in [1.54, 1.807) is 0 Å². The van der Waals surface area contributed by atoms with E-state index in [-0.39, 0.29) is 35.4 Å². The van der Waals surface area contributed by atoms with Gasteiger partial charge in [0, 0.05) is 24.2 Å². The molecule has 0 bridgehead atoms. The van der Waals surface area contributed by atoms with E-state index in [0.717, 1.165) is 0 Å². The summed E-state index contributed by atoms with van der Waals surface area (Å²) in [5.74, 6) is 0.559. The molecule has 0 aromatic carbocycles. The molecule has 0 spiro atoms. The molecule has 1 fully saturated rings. The molecule has 1 saturated carbocycles. The van der Waals surface area contributed by atoms with Gasteiger partial charge in [-0.3, -0.25) is 0 Å². The Hall–Kier alpha value is -3.20. The molecule has 31 heavy (non-hydrogen) atoms. The third kappa shape index (κ3) is 5.49. The Morgan fingerprint density at radius 3 is 2.74 bits per heavy atom. The minimum atomic E-state index is -4.32. The summed E-state index contributed by atoms with van der Waals surface area (Å²) in [4.78, 5) is 16.2. The van der Waals surface area contributed by atoms with E-state index in [1.807, 2.05) is 19.9 Å². The predicted molar refractivity (Wildman–Crippen MR) is 104 cm³/mol. The number of aliphatic hydroxyl groups is 1. The number of halogens is 3. The highest BCUT2D eigenvalue weighted by Gasteiger charge is 2.47. The Kier molecular flexibility index (Phi) is 6.45. The summed E-state index contributed by atoms with van der Waals surface area (Å²) in [6.45, 7) is 3.38. The second-order valence-electron chi connectivity index (χ2n) is 7.76. The van der Waals surface area contributed by atoms with E-state index in [9.17, 15) is 23.5 Å². The lowest BCUT2D eigenvalue weighted by Gasteiger charge is -2.49. The molecular formula is C19H22F3N7O2. The number of nitriles is 1. The third-order valence-electron chi connectivity index (χ3n) is 5.24. The smallest absolute Gasteiger partial charge is 0.392 e. The first-order chi connectivity index (χ1) is 14.6. The summed E-state index contributed by atoms with van der Waals surface area (Å²) >= 11 is 0. The zero-order valence-electron chi connectivity index (χ0n) is 16.9. The maximum absolute atomic E-state index is 12.3. The summed E-state index contributed by atoms with van der Waals surface area (Å²) in [7, 11) is 0. The standard InChI is InChI=1S/C19H22F3N7O2/c1-18(2)13(5-14(18)30)28-15-11(6-23)8-25-17(29-15)26-9-12-7-24-10-27-16(12)31-4-3-19(20,21)22/h7-8,10,13-14,30H,3-5,9H2,1-2H3,(H2,25,26,28,29)/t13-,14+/m0/s1. The number of hydrogen-bond acceptors (Lipinski definition) is 9. The van der Waals surface area contributed by atoms with Crippen LogP contribution in [0.5, 0.6) is 5.88 Å². The molecule has 12 heteroatoms. The predicted octanol–water partition coefficient (Wildman–Crippen LogP) is 2.65. The number of nitrogens with zero attached hydrogens (tertiary/aromatic N) is 5. The summed E-state index contributed by atoms with van der Waals surface area (Å²) in [5.41, 5.74) is 0.312. The molecule has 0 unspecified atom stereocenters. The summed E-state index contributed by atoms with van der Waals surface area (Å²) < 4.78 is 42.1.